The van der Waals surface area contributed by atoms with Crippen molar-refractivity contribution in [3.63, 3.8) is 0 Å². The minimum absolute atomic E-state index is 0.130. The maximum Gasteiger partial charge on any atom is 0.167 e. The molecule has 150 valence electrons. The van der Waals surface area contributed by atoms with Crippen molar-refractivity contribution in [3.05, 3.63) is 66.0 Å². The molecule has 1 fully saturated rings. The predicted octanol–water partition coefficient (Wildman–Crippen LogP) is 5.94. The molecule has 0 radical (unpaired) electrons. The number of rotatable bonds is 8. The van der Waals surface area contributed by atoms with Crippen LogP contribution in [0.2, 0.25) is 0 Å². The third kappa shape index (κ3) is 6.20. The second-order valence-corrected chi connectivity index (χ2v) is 7.79. The third-order valence-corrected chi connectivity index (χ3v) is 5.50. The Morgan fingerprint density at radius 2 is 1.93 bits per heavy atom. The first-order chi connectivity index (χ1) is 13.8. The van der Waals surface area contributed by atoms with Gasteiger partial charge in [0.15, 0.2) is 5.78 Å². The Labute approximate surface area is 169 Å². The van der Waals surface area contributed by atoms with Crippen molar-refractivity contribution in [3.8, 4) is 5.75 Å². The second-order valence-electron chi connectivity index (χ2n) is 7.79. The van der Waals surface area contributed by atoms with Crippen LogP contribution in [0.1, 0.15) is 62.2 Å². The van der Waals surface area contributed by atoms with Crippen molar-refractivity contribution in [2.24, 2.45) is 5.92 Å². The van der Waals surface area contributed by atoms with E-state index in [1.54, 1.807) is 0 Å². The fraction of sp³-hybridized carbons (Fsp3) is 0.480. The van der Waals surface area contributed by atoms with Crippen LogP contribution in [0.3, 0.4) is 0 Å². The zero-order valence-corrected chi connectivity index (χ0v) is 17.1. The highest BCUT2D eigenvalue weighted by Crippen LogP contribution is 2.23. The SMILES string of the molecule is CCCCCN1CCCC(C(=O)c2ccc(OC3=C/CC=CC/C=C\3)cc2)C1. The summed E-state index contributed by atoms with van der Waals surface area (Å²) in [5.41, 5.74) is 0.804. The monoisotopic (exact) mass is 379 g/mol. The van der Waals surface area contributed by atoms with E-state index in [2.05, 4.69) is 36.1 Å². The number of benzene rings is 1. The summed E-state index contributed by atoms with van der Waals surface area (Å²) in [7, 11) is 0. The summed E-state index contributed by atoms with van der Waals surface area (Å²) < 4.78 is 5.96. The third-order valence-electron chi connectivity index (χ3n) is 5.50. The maximum absolute atomic E-state index is 13.0. The molecule has 1 heterocycles. The zero-order chi connectivity index (χ0) is 19.6. The number of likely N-dealkylation sites (tertiary alicyclic amines) is 1. The summed E-state index contributed by atoms with van der Waals surface area (Å²) in [5.74, 6) is 2.05. The van der Waals surface area contributed by atoms with E-state index in [9.17, 15) is 4.79 Å². The Balaban J connectivity index is 1.56. The van der Waals surface area contributed by atoms with Gasteiger partial charge in [-0.15, -0.1) is 0 Å². The van der Waals surface area contributed by atoms with E-state index in [4.69, 9.17) is 4.74 Å². The normalized spacial score (nSPS) is 23.3. The van der Waals surface area contributed by atoms with Crippen LogP contribution in [-0.4, -0.2) is 30.3 Å². The molecule has 0 saturated carbocycles. The van der Waals surface area contributed by atoms with Gasteiger partial charge in [-0.2, -0.15) is 0 Å². The van der Waals surface area contributed by atoms with Gasteiger partial charge in [0.25, 0.3) is 0 Å². The number of piperidine rings is 1. The van der Waals surface area contributed by atoms with E-state index < -0.39 is 0 Å². The van der Waals surface area contributed by atoms with Crippen LogP contribution in [0.5, 0.6) is 5.75 Å². The summed E-state index contributed by atoms with van der Waals surface area (Å²) in [6.07, 6.45) is 18.2. The number of Topliss-reactive ketones (excluding diaryl/α,β-unsaturated/α-hetero) is 1. The van der Waals surface area contributed by atoms with Gasteiger partial charge in [0.05, 0.1) is 0 Å². The molecule has 3 heteroatoms. The number of carbonyl (C=O) groups excluding carboxylic acids is 1. The van der Waals surface area contributed by atoms with Gasteiger partial charge in [-0.05, 0) is 81.6 Å². The Morgan fingerprint density at radius 1 is 1.11 bits per heavy atom. The predicted molar refractivity (Wildman–Crippen MR) is 116 cm³/mol. The Morgan fingerprint density at radius 3 is 2.75 bits per heavy atom. The maximum atomic E-state index is 13.0. The zero-order valence-electron chi connectivity index (χ0n) is 17.1. The van der Waals surface area contributed by atoms with E-state index in [0.29, 0.717) is 0 Å². The molecule has 1 aliphatic heterocycles. The molecule has 0 amide bonds. The number of unbranched alkanes of at least 4 members (excludes halogenated alkanes) is 2. The molecule has 0 N–H and O–H groups in total. The lowest BCUT2D eigenvalue weighted by Gasteiger charge is -2.32. The minimum Gasteiger partial charge on any atom is -0.458 e. The lowest BCUT2D eigenvalue weighted by atomic mass is 9.90. The Hall–Kier alpha value is -2.13. The molecule has 1 aromatic carbocycles. The van der Waals surface area contributed by atoms with Gasteiger partial charge in [0.1, 0.15) is 11.5 Å². The first kappa shape index (κ1) is 20.6. The number of hydrogen-bond donors (Lipinski definition) is 0. The van der Waals surface area contributed by atoms with Crippen molar-refractivity contribution < 1.29 is 9.53 Å². The van der Waals surface area contributed by atoms with Crippen molar-refractivity contribution in [1.82, 2.24) is 4.90 Å². The fourth-order valence-electron chi connectivity index (χ4n) is 3.90. The summed E-state index contributed by atoms with van der Waals surface area (Å²) in [6, 6.07) is 7.66. The molecular formula is C25H33NO2. The van der Waals surface area contributed by atoms with Gasteiger partial charge in [-0.25, -0.2) is 0 Å². The number of allylic oxidation sites excluding steroid dienone is 5. The van der Waals surface area contributed by atoms with Gasteiger partial charge in [-0.3, -0.25) is 4.79 Å². The largest absolute Gasteiger partial charge is 0.458 e. The molecule has 0 spiro atoms. The van der Waals surface area contributed by atoms with Crippen LogP contribution in [0, 0.1) is 5.92 Å². The highest BCUT2D eigenvalue weighted by atomic mass is 16.5. The van der Waals surface area contributed by atoms with E-state index in [1.165, 1.54) is 19.3 Å². The van der Waals surface area contributed by atoms with Crippen molar-refractivity contribution >= 4 is 5.78 Å². The van der Waals surface area contributed by atoms with Crippen molar-refractivity contribution in [1.29, 1.82) is 0 Å². The molecular weight excluding hydrogens is 346 g/mol. The molecule has 1 aliphatic carbocycles. The van der Waals surface area contributed by atoms with Gasteiger partial charge >= 0.3 is 0 Å². The summed E-state index contributed by atoms with van der Waals surface area (Å²) in [5, 5.41) is 0. The van der Waals surface area contributed by atoms with E-state index in [-0.39, 0.29) is 11.7 Å². The lowest BCUT2D eigenvalue weighted by Crippen LogP contribution is -2.39. The molecule has 3 rings (SSSR count). The van der Waals surface area contributed by atoms with Gasteiger partial charge in [-0.1, -0.05) is 38.0 Å². The number of nitrogens with zero attached hydrogens (tertiary/aromatic N) is 1. The van der Waals surface area contributed by atoms with Crippen LogP contribution >= 0.6 is 0 Å². The average Bonchev–Trinajstić information content (AvgIpc) is 2.70. The minimum atomic E-state index is 0.130. The Kier molecular flexibility index (Phi) is 8.10. The van der Waals surface area contributed by atoms with Crippen LogP contribution in [0.15, 0.2) is 60.4 Å². The van der Waals surface area contributed by atoms with Crippen molar-refractivity contribution in [2.75, 3.05) is 19.6 Å². The number of hydrogen-bond acceptors (Lipinski definition) is 3. The molecule has 1 saturated heterocycles. The van der Waals surface area contributed by atoms with Gasteiger partial charge in [0.2, 0.25) is 0 Å². The molecule has 1 unspecified atom stereocenters. The summed E-state index contributed by atoms with van der Waals surface area (Å²) in [6.45, 7) is 5.41. The van der Waals surface area contributed by atoms with Crippen molar-refractivity contribution in [2.45, 2.75) is 51.9 Å². The molecule has 3 nitrogen and oxygen atoms in total. The second kappa shape index (κ2) is 11.0. The number of ether oxygens (including phenoxy) is 1. The summed E-state index contributed by atoms with van der Waals surface area (Å²) >= 11 is 0. The van der Waals surface area contributed by atoms with Crippen LogP contribution in [0.4, 0.5) is 0 Å². The average molecular weight is 380 g/mol. The first-order valence-electron chi connectivity index (χ1n) is 10.8. The first-order valence-corrected chi connectivity index (χ1v) is 10.8. The number of ketones is 1. The van der Waals surface area contributed by atoms with Crippen LogP contribution in [0.25, 0.3) is 0 Å². The Bertz CT molecular complexity index is 715. The highest BCUT2D eigenvalue weighted by molar-refractivity contribution is 5.98. The van der Waals surface area contributed by atoms with Crippen LogP contribution in [-0.2, 0) is 0 Å². The molecule has 0 bridgehead atoms. The molecule has 1 atom stereocenters. The van der Waals surface area contributed by atoms with Gasteiger partial charge < -0.3 is 9.64 Å². The quantitative estimate of drug-likeness (QED) is 0.318. The fourth-order valence-corrected chi connectivity index (χ4v) is 3.90. The highest BCUT2D eigenvalue weighted by Gasteiger charge is 2.26. The van der Waals surface area contributed by atoms with Gasteiger partial charge in [0, 0.05) is 18.0 Å². The summed E-state index contributed by atoms with van der Waals surface area (Å²) in [4.78, 5) is 15.4. The van der Waals surface area contributed by atoms with Crippen LogP contribution < -0.4 is 4.74 Å². The molecule has 0 aromatic heterocycles. The van der Waals surface area contributed by atoms with E-state index in [0.717, 1.165) is 62.4 Å². The lowest BCUT2D eigenvalue weighted by molar-refractivity contribution is 0.0818. The van der Waals surface area contributed by atoms with E-state index in [1.807, 2.05) is 30.3 Å². The molecule has 1 aromatic rings. The standard InChI is InChI=1S/C25H33NO2/c1-2-3-9-18-26-19-10-11-22(20-26)25(27)21-14-16-24(17-15-21)28-23-12-7-5-4-6-8-13-23/h4-5,8,12-17,22H,2-3,6-7,9-11,18-20H2,1H3/b5-4?,13-8-,23-12+. The molecule has 2 aliphatic rings. The smallest absolute Gasteiger partial charge is 0.167 e. The number of carbonyl (C=O) groups is 1. The topological polar surface area (TPSA) is 29.5 Å². The van der Waals surface area contributed by atoms with E-state index >= 15 is 0 Å². The molecule has 28 heavy (non-hydrogen) atoms.